The molecule has 4 nitrogen and oxygen atoms in total. The van der Waals surface area contributed by atoms with Crippen LogP contribution in [0.25, 0.3) is 0 Å². The molecule has 0 fully saturated rings. The molecule has 0 saturated carbocycles. The maximum atomic E-state index is 12.2. The second-order valence-corrected chi connectivity index (χ2v) is 7.48. The number of unbranched alkanes of at least 4 members (excludes halogenated alkanes) is 11. The Morgan fingerprint density at radius 1 is 0.926 bits per heavy atom. The third-order valence-corrected chi connectivity index (χ3v) is 5.00. The number of ketones is 1. The first kappa shape index (κ1) is 23.9. The zero-order valence-electron chi connectivity index (χ0n) is 17.9. The summed E-state index contributed by atoms with van der Waals surface area (Å²) in [6, 6.07) is 0. The van der Waals surface area contributed by atoms with Crippen molar-refractivity contribution in [1.29, 1.82) is 0 Å². The van der Waals surface area contributed by atoms with Crippen LogP contribution in [0, 0.1) is 0 Å². The minimum atomic E-state index is 0.138. The van der Waals surface area contributed by atoms with E-state index in [1.54, 1.807) is 5.06 Å². The molecule has 156 valence electrons. The zero-order valence-corrected chi connectivity index (χ0v) is 17.9. The van der Waals surface area contributed by atoms with Gasteiger partial charge in [0.15, 0.2) is 11.6 Å². The van der Waals surface area contributed by atoms with Crippen LogP contribution in [0.4, 0.5) is 0 Å². The molecule has 0 unspecified atom stereocenters. The Bertz CT molecular complexity index is 432. The fourth-order valence-electron chi connectivity index (χ4n) is 3.41. The van der Waals surface area contributed by atoms with E-state index < -0.39 is 0 Å². The van der Waals surface area contributed by atoms with Crippen molar-refractivity contribution < 1.29 is 9.63 Å². The van der Waals surface area contributed by atoms with E-state index in [2.05, 4.69) is 24.1 Å². The molecule has 0 aromatic rings. The highest BCUT2D eigenvalue weighted by atomic mass is 16.7. The lowest BCUT2D eigenvalue weighted by Gasteiger charge is -2.17. The van der Waals surface area contributed by atoms with Crippen LogP contribution in [0.3, 0.4) is 0 Å². The topological polar surface area (TPSA) is 41.9 Å². The summed E-state index contributed by atoms with van der Waals surface area (Å²) < 4.78 is 0. The number of carbonyl (C=O) groups is 1. The Morgan fingerprint density at radius 2 is 1.52 bits per heavy atom. The largest absolute Gasteiger partial charge is 0.291 e. The molecule has 0 amide bonds. The molecule has 1 aliphatic heterocycles. The van der Waals surface area contributed by atoms with E-state index in [4.69, 9.17) is 4.84 Å². The molecule has 1 heterocycles. The van der Waals surface area contributed by atoms with Crippen LogP contribution in [0.2, 0.25) is 0 Å². The third-order valence-electron chi connectivity index (χ3n) is 5.00. The van der Waals surface area contributed by atoms with E-state index >= 15 is 0 Å². The van der Waals surface area contributed by atoms with E-state index in [9.17, 15) is 4.79 Å². The van der Waals surface area contributed by atoms with Crippen molar-refractivity contribution in [3.05, 3.63) is 12.2 Å². The first-order valence-electron chi connectivity index (χ1n) is 11.4. The molecule has 0 bridgehead atoms. The summed E-state index contributed by atoms with van der Waals surface area (Å²) in [5.74, 6) is 0.672. The normalized spacial score (nSPS) is 14.3. The highest BCUT2D eigenvalue weighted by Gasteiger charge is 2.23. The SMILES string of the molecule is CCCCCCCC/C=C\CCCCCCCC(=O)C1=NCCN1OCC. The number of hydrogen-bond donors (Lipinski definition) is 0. The summed E-state index contributed by atoms with van der Waals surface area (Å²) >= 11 is 0. The predicted molar refractivity (Wildman–Crippen MR) is 115 cm³/mol. The third kappa shape index (κ3) is 12.0. The van der Waals surface area contributed by atoms with Gasteiger partial charge in [0.2, 0.25) is 0 Å². The number of nitrogens with zero attached hydrogens (tertiary/aromatic N) is 2. The van der Waals surface area contributed by atoms with E-state index in [0.29, 0.717) is 32.0 Å². The van der Waals surface area contributed by atoms with Gasteiger partial charge >= 0.3 is 0 Å². The van der Waals surface area contributed by atoms with Crippen LogP contribution in [0.1, 0.15) is 104 Å². The lowest BCUT2D eigenvalue weighted by Crippen LogP contribution is -2.33. The maximum absolute atomic E-state index is 12.2. The van der Waals surface area contributed by atoms with Crippen LogP contribution in [-0.2, 0) is 9.63 Å². The number of carbonyl (C=O) groups excluding carboxylic acids is 1. The maximum Gasteiger partial charge on any atom is 0.199 e. The standard InChI is InChI=1S/C23H42N2O2/c1-3-5-6-7-8-9-10-11-12-13-14-15-16-17-18-19-22(26)23-24-20-21-25(23)27-4-2/h11-12H,3-10,13-21H2,1-2H3/b12-11-. The van der Waals surface area contributed by atoms with Crippen molar-refractivity contribution in [2.45, 2.75) is 104 Å². The zero-order chi connectivity index (χ0) is 19.6. The Morgan fingerprint density at radius 3 is 2.15 bits per heavy atom. The molecule has 4 heteroatoms. The molecule has 0 atom stereocenters. The van der Waals surface area contributed by atoms with Gasteiger partial charge in [0.05, 0.1) is 19.7 Å². The first-order valence-corrected chi connectivity index (χ1v) is 11.4. The second-order valence-electron chi connectivity index (χ2n) is 7.48. The number of amidine groups is 1. The van der Waals surface area contributed by atoms with Crippen molar-refractivity contribution in [2.75, 3.05) is 19.7 Å². The van der Waals surface area contributed by atoms with Gasteiger partial charge < -0.3 is 0 Å². The monoisotopic (exact) mass is 378 g/mol. The van der Waals surface area contributed by atoms with Crippen LogP contribution >= 0.6 is 0 Å². The number of hydrogen-bond acceptors (Lipinski definition) is 4. The molecule has 1 rings (SSSR count). The summed E-state index contributed by atoms with van der Waals surface area (Å²) in [4.78, 5) is 21.9. The van der Waals surface area contributed by atoms with Gasteiger partial charge in [-0.1, -0.05) is 70.4 Å². The molecule has 27 heavy (non-hydrogen) atoms. The van der Waals surface area contributed by atoms with Crippen molar-refractivity contribution in [2.24, 2.45) is 4.99 Å². The van der Waals surface area contributed by atoms with E-state index in [1.165, 1.54) is 70.6 Å². The summed E-state index contributed by atoms with van der Waals surface area (Å²) in [6.45, 7) is 6.17. The molecular weight excluding hydrogens is 336 g/mol. The van der Waals surface area contributed by atoms with Crippen LogP contribution < -0.4 is 0 Å². The molecule has 0 radical (unpaired) electrons. The fourth-order valence-corrected chi connectivity index (χ4v) is 3.41. The highest BCUT2D eigenvalue weighted by Crippen LogP contribution is 2.12. The Balaban J connectivity index is 1.89. The number of aliphatic imine (C=N–C) groups is 1. The molecule has 0 saturated heterocycles. The molecule has 1 aliphatic rings. The molecule has 0 spiro atoms. The van der Waals surface area contributed by atoms with Crippen LogP contribution in [-0.4, -0.2) is 36.4 Å². The summed E-state index contributed by atoms with van der Waals surface area (Å²) in [5, 5.41) is 1.67. The van der Waals surface area contributed by atoms with Gasteiger partial charge in [0, 0.05) is 6.42 Å². The van der Waals surface area contributed by atoms with Gasteiger partial charge in [0.1, 0.15) is 0 Å². The first-order chi connectivity index (χ1) is 13.3. The summed E-state index contributed by atoms with van der Waals surface area (Å²) in [5.41, 5.74) is 0. The fraction of sp³-hybridized carbons (Fsp3) is 0.826. The van der Waals surface area contributed by atoms with E-state index in [1.807, 2.05) is 6.92 Å². The van der Waals surface area contributed by atoms with Crippen LogP contribution in [0.15, 0.2) is 17.1 Å². The molecule has 0 aliphatic carbocycles. The van der Waals surface area contributed by atoms with Crippen LogP contribution in [0.5, 0.6) is 0 Å². The number of Topliss-reactive ketones (excluding diaryl/α,β-unsaturated/α-hetero) is 1. The van der Waals surface area contributed by atoms with Gasteiger partial charge in [-0.25, -0.2) is 5.06 Å². The smallest absolute Gasteiger partial charge is 0.199 e. The Hall–Kier alpha value is -1.16. The average Bonchev–Trinajstić information content (AvgIpc) is 3.13. The minimum absolute atomic E-state index is 0.138. The Kier molecular flexibility index (Phi) is 15.0. The van der Waals surface area contributed by atoms with Crippen molar-refractivity contribution in [3.63, 3.8) is 0 Å². The predicted octanol–water partition coefficient (Wildman–Crippen LogP) is 6.26. The van der Waals surface area contributed by atoms with E-state index in [0.717, 1.165) is 12.8 Å². The van der Waals surface area contributed by atoms with Gasteiger partial charge in [0.25, 0.3) is 0 Å². The molecule has 0 aromatic heterocycles. The molecule has 0 N–H and O–H groups in total. The van der Waals surface area contributed by atoms with Gasteiger partial charge in [-0.05, 0) is 39.0 Å². The lowest BCUT2D eigenvalue weighted by atomic mass is 10.1. The minimum Gasteiger partial charge on any atom is -0.291 e. The van der Waals surface area contributed by atoms with Gasteiger partial charge in [-0.3, -0.25) is 14.6 Å². The number of allylic oxidation sites excluding steroid dienone is 2. The highest BCUT2D eigenvalue weighted by molar-refractivity contribution is 6.38. The number of rotatable bonds is 18. The molecular formula is C23H42N2O2. The summed E-state index contributed by atoms with van der Waals surface area (Å²) in [6.07, 6.45) is 21.9. The van der Waals surface area contributed by atoms with E-state index in [-0.39, 0.29) is 5.78 Å². The van der Waals surface area contributed by atoms with Crippen molar-refractivity contribution in [3.8, 4) is 0 Å². The second kappa shape index (κ2) is 17.0. The Labute approximate surface area is 167 Å². The van der Waals surface area contributed by atoms with Crippen molar-refractivity contribution >= 4 is 11.6 Å². The quantitative estimate of drug-likeness (QED) is 0.209. The van der Waals surface area contributed by atoms with Gasteiger partial charge in [-0.2, -0.15) is 0 Å². The summed E-state index contributed by atoms with van der Waals surface area (Å²) in [7, 11) is 0. The lowest BCUT2D eigenvalue weighted by molar-refractivity contribution is -0.120. The molecule has 0 aromatic carbocycles. The average molecular weight is 379 g/mol. The van der Waals surface area contributed by atoms with Gasteiger partial charge in [-0.15, -0.1) is 0 Å². The van der Waals surface area contributed by atoms with Crippen molar-refractivity contribution in [1.82, 2.24) is 5.06 Å². The number of hydroxylamine groups is 2.